The van der Waals surface area contributed by atoms with Gasteiger partial charge in [0.05, 0.1) is 5.92 Å². The van der Waals surface area contributed by atoms with Crippen LogP contribution in [0.4, 0.5) is 10.5 Å². The van der Waals surface area contributed by atoms with Gasteiger partial charge in [0.15, 0.2) is 11.5 Å². The molecule has 2 atom stereocenters. The van der Waals surface area contributed by atoms with E-state index in [4.69, 9.17) is 9.47 Å². The molecule has 2 aromatic rings. The highest BCUT2D eigenvalue weighted by atomic mass is 16.6. The molecule has 0 bridgehead atoms. The van der Waals surface area contributed by atoms with Crippen molar-refractivity contribution >= 4 is 23.5 Å². The highest BCUT2D eigenvalue weighted by Crippen LogP contribution is 2.30. The van der Waals surface area contributed by atoms with Gasteiger partial charge in [0, 0.05) is 18.8 Å². The monoisotopic (exact) mass is 424 g/mol. The van der Waals surface area contributed by atoms with Crippen molar-refractivity contribution in [3.63, 3.8) is 0 Å². The predicted octanol–water partition coefficient (Wildman–Crippen LogP) is 1.92. The minimum Gasteiger partial charge on any atom is -0.485 e. The molecule has 2 aromatic carbocycles. The van der Waals surface area contributed by atoms with E-state index in [2.05, 4.69) is 16.2 Å². The largest absolute Gasteiger partial charge is 0.485 e. The number of nitrogens with one attached hydrogen (secondary N) is 3. The van der Waals surface area contributed by atoms with Crippen LogP contribution < -0.4 is 25.6 Å². The molecule has 9 nitrogen and oxygen atoms in total. The summed E-state index contributed by atoms with van der Waals surface area (Å²) in [6.45, 7) is 0.897. The van der Waals surface area contributed by atoms with Gasteiger partial charge >= 0.3 is 6.03 Å². The highest BCUT2D eigenvalue weighted by Gasteiger charge is 2.31. The number of likely N-dealkylation sites (tertiary alicyclic amines) is 1. The lowest BCUT2D eigenvalue weighted by atomic mass is 9.98. The Labute approximate surface area is 179 Å². The van der Waals surface area contributed by atoms with Crippen LogP contribution in [0.1, 0.15) is 12.8 Å². The molecule has 4 rings (SSSR count). The maximum Gasteiger partial charge on any atom is 0.321 e. The number of hydrazine groups is 1. The maximum absolute atomic E-state index is 12.6. The molecule has 0 spiro atoms. The minimum atomic E-state index is -0.866. The number of carbonyl (C=O) groups is 3. The molecule has 3 N–H and O–H groups in total. The van der Waals surface area contributed by atoms with Gasteiger partial charge < -0.3 is 19.7 Å². The number of rotatable bonds is 3. The van der Waals surface area contributed by atoms with Crippen LogP contribution >= 0.6 is 0 Å². The van der Waals surface area contributed by atoms with Crippen molar-refractivity contribution in [3.8, 4) is 11.5 Å². The summed E-state index contributed by atoms with van der Waals surface area (Å²) in [5, 5.41) is 2.83. The van der Waals surface area contributed by atoms with Crippen molar-refractivity contribution in [3.05, 3.63) is 54.6 Å². The van der Waals surface area contributed by atoms with Crippen molar-refractivity contribution < 1.29 is 23.9 Å². The number of para-hydroxylation sites is 3. The van der Waals surface area contributed by atoms with Crippen LogP contribution in [0.2, 0.25) is 0 Å². The van der Waals surface area contributed by atoms with Crippen molar-refractivity contribution in [2.75, 3.05) is 25.0 Å². The Balaban J connectivity index is 1.25. The van der Waals surface area contributed by atoms with Crippen LogP contribution in [0.5, 0.6) is 11.5 Å². The molecule has 0 saturated carbocycles. The van der Waals surface area contributed by atoms with E-state index in [1.807, 2.05) is 24.3 Å². The summed E-state index contributed by atoms with van der Waals surface area (Å²) in [5.74, 6) is -0.209. The second kappa shape index (κ2) is 9.38. The summed E-state index contributed by atoms with van der Waals surface area (Å²) in [5.41, 5.74) is 5.55. The van der Waals surface area contributed by atoms with Gasteiger partial charge in [-0.15, -0.1) is 0 Å². The first-order chi connectivity index (χ1) is 15.1. The number of piperidine rings is 1. The SMILES string of the molecule is O=C(NNC(=O)[C@H]1COc2ccccc2O1)[C@@H]1CCCN(C(=O)Nc2ccccc2)C1. The highest BCUT2D eigenvalue weighted by molar-refractivity contribution is 5.90. The van der Waals surface area contributed by atoms with Crippen molar-refractivity contribution in [2.24, 2.45) is 5.92 Å². The van der Waals surface area contributed by atoms with Gasteiger partial charge in [-0.05, 0) is 37.1 Å². The van der Waals surface area contributed by atoms with Crippen LogP contribution in [-0.2, 0) is 9.59 Å². The van der Waals surface area contributed by atoms with Gasteiger partial charge in [-0.1, -0.05) is 30.3 Å². The zero-order chi connectivity index (χ0) is 21.6. The van der Waals surface area contributed by atoms with E-state index >= 15 is 0 Å². The van der Waals surface area contributed by atoms with E-state index in [1.54, 1.807) is 35.2 Å². The van der Waals surface area contributed by atoms with E-state index < -0.39 is 17.9 Å². The molecule has 1 saturated heterocycles. The number of hydrogen-bond donors (Lipinski definition) is 3. The average Bonchev–Trinajstić information content (AvgIpc) is 2.82. The minimum absolute atomic E-state index is 0.0512. The van der Waals surface area contributed by atoms with Crippen LogP contribution in [0.15, 0.2) is 54.6 Å². The summed E-state index contributed by atoms with van der Waals surface area (Å²) < 4.78 is 11.1. The van der Waals surface area contributed by atoms with Gasteiger partial charge in [-0.3, -0.25) is 20.4 Å². The number of fused-ring (bicyclic) bond motifs is 1. The molecule has 0 unspecified atom stereocenters. The Morgan fingerprint density at radius 3 is 2.42 bits per heavy atom. The van der Waals surface area contributed by atoms with Gasteiger partial charge in [0.2, 0.25) is 12.0 Å². The number of hydrogen-bond acceptors (Lipinski definition) is 5. The molecular weight excluding hydrogens is 400 g/mol. The first kappa shape index (κ1) is 20.5. The van der Waals surface area contributed by atoms with Gasteiger partial charge in [0.25, 0.3) is 5.91 Å². The molecule has 9 heteroatoms. The summed E-state index contributed by atoms with van der Waals surface area (Å²) in [4.78, 5) is 39.0. The molecule has 0 radical (unpaired) electrons. The Hall–Kier alpha value is -3.75. The Morgan fingerprint density at radius 1 is 0.903 bits per heavy atom. The molecule has 1 fully saturated rings. The lowest BCUT2D eigenvalue weighted by Crippen LogP contribution is -2.54. The van der Waals surface area contributed by atoms with Crippen LogP contribution in [-0.4, -0.2) is 48.5 Å². The van der Waals surface area contributed by atoms with Crippen LogP contribution in [0.3, 0.4) is 0 Å². The zero-order valence-corrected chi connectivity index (χ0v) is 16.9. The zero-order valence-electron chi connectivity index (χ0n) is 16.9. The maximum atomic E-state index is 12.6. The van der Waals surface area contributed by atoms with Gasteiger partial charge in [-0.2, -0.15) is 0 Å². The molecule has 2 aliphatic rings. The molecule has 4 amide bonds. The number of anilines is 1. The summed E-state index contributed by atoms with van der Waals surface area (Å²) in [7, 11) is 0. The number of urea groups is 1. The molecular formula is C22H24N4O5. The second-order valence-corrected chi connectivity index (χ2v) is 7.42. The quantitative estimate of drug-likeness (QED) is 0.653. The van der Waals surface area contributed by atoms with E-state index in [9.17, 15) is 14.4 Å². The van der Waals surface area contributed by atoms with Gasteiger partial charge in [-0.25, -0.2) is 4.79 Å². The third-order valence-electron chi connectivity index (χ3n) is 5.21. The van der Waals surface area contributed by atoms with Crippen LogP contribution in [0, 0.1) is 5.92 Å². The Morgan fingerprint density at radius 2 is 1.61 bits per heavy atom. The first-order valence-corrected chi connectivity index (χ1v) is 10.2. The predicted molar refractivity (Wildman–Crippen MR) is 112 cm³/mol. The third kappa shape index (κ3) is 5.06. The Kier molecular flexibility index (Phi) is 6.21. The molecule has 31 heavy (non-hydrogen) atoms. The van der Waals surface area contributed by atoms with E-state index in [-0.39, 0.29) is 25.1 Å². The van der Waals surface area contributed by atoms with Crippen molar-refractivity contribution in [2.45, 2.75) is 18.9 Å². The molecule has 0 aliphatic carbocycles. The summed E-state index contributed by atoms with van der Waals surface area (Å²) in [6.07, 6.45) is 0.465. The van der Waals surface area contributed by atoms with Crippen molar-refractivity contribution in [1.29, 1.82) is 0 Å². The number of benzene rings is 2. The second-order valence-electron chi connectivity index (χ2n) is 7.42. The molecule has 2 heterocycles. The summed E-state index contributed by atoms with van der Waals surface area (Å²) in [6, 6.07) is 16.0. The lowest BCUT2D eigenvalue weighted by molar-refractivity contribution is -0.136. The number of carbonyl (C=O) groups excluding carboxylic acids is 3. The number of nitrogens with zero attached hydrogens (tertiary/aromatic N) is 1. The fourth-order valence-corrected chi connectivity index (χ4v) is 3.55. The molecule has 0 aromatic heterocycles. The third-order valence-corrected chi connectivity index (χ3v) is 5.21. The smallest absolute Gasteiger partial charge is 0.321 e. The summed E-state index contributed by atoms with van der Waals surface area (Å²) >= 11 is 0. The number of amides is 4. The topological polar surface area (TPSA) is 109 Å². The average molecular weight is 424 g/mol. The lowest BCUT2D eigenvalue weighted by Gasteiger charge is -2.32. The Bertz CT molecular complexity index is 952. The van der Waals surface area contributed by atoms with E-state index in [1.165, 1.54) is 0 Å². The van der Waals surface area contributed by atoms with Gasteiger partial charge in [0.1, 0.15) is 6.61 Å². The van der Waals surface area contributed by atoms with E-state index in [0.29, 0.717) is 36.6 Å². The first-order valence-electron chi connectivity index (χ1n) is 10.2. The number of ether oxygens (including phenoxy) is 2. The van der Waals surface area contributed by atoms with Crippen LogP contribution in [0.25, 0.3) is 0 Å². The fourth-order valence-electron chi connectivity index (χ4n) is 3.55. The molecule has 162 valence electrons. The fraction of sp³-hybridized carbons (Fsp3) is 0.318. The van der Waals surface area contributed by atoms with E-state index in [0.717, 1.165) is 0 Å². The standard InChI is InChI=1S/C22H24N4O5/c27-20(24-25-21(28)19-14-30-17-10-4-5-11-18(17)31-19)15-7-6-12-26(13-15)22(29)23-16-8-2-1-3-9-16/h1-5,8-11,15,19H,6-7,12-14H2,(H,23,29)(H,24,27)(H,25,28)/t15-,19-/m1/s1. The molecule has 2 aliphatic heterocycles. The van der Waals surface area contributed by atoms with Crippen molar-refractivity contribution in [1.82, 2.24) is 15.8 Å². The normalized spacial score (nSPS) is 19.8.